The standard InChI is InChI=1S/C11H15NO3/c1-12(11(14)15)10(8-13)7-9-5-3-2-4-6-9/h2-6,10,13H,7-8H2,1H3,(H,14,15). The molecule has 0 heterocycles. The lowest BCUT2D eigenvalue weighted by Gasteiger charge is -2.23. The molecular formula is C11H15NO3. The molecule has 1 amide bonds. The van der Waals surface area contributed by atoms with Crippen molar-refractivity contribution in [3.8, 4) is 0 Å². The van der Waals surface area contributed by atoms with E-state index in [1.165, 1.54) is 7.05 Å². The number of likely N-dealkylation sites (N-methyl/N-ethyl adjacent to an activating group) is 1. The van der Waals surface area contributed by atoms with Crippen molar-refractivity contribution < 1.29 is 15.0 Å². The fraction of sp³-hybridized carbons (Fsp3) is 0.364. The van der Waals surface area contributed by atoms with E-state index in [2.05, 4.69) is 0 Å². The number of amides is 1. The Hall–Kier alpha value is -1.55. The average Bonchev–Trinajstić information content (AvgIpc) is 2.26. The Morgan fingerprint density at radius 1 is 1.40 bits per heavy atom. The van der Waals surface area contributed by atoms with E-state index in [-0.39, 0.29) is 12.6 Å². The van der Waals surface area contributed by atoms with Crippen LogP contribution in [0.25, 0.3) is 0 Å². The molecule has 4 nitrogen and oxygen atoms in total. The summed E-state index contributed by atoms with van der Waals surface area (Å²) in [7, 11) is 1.46. The van der Waals surface area contributed by atoms with Gasteiger partial charge in [0.15, 0.2) is 0 Å². The monoisotopic (exact) mass is 209 g/mol. The first-order valence-corrected chi connectivity index (χ1v) is 4.75. The zero-order valence-electron chi connectivity index (χ0n) is 8.63. The van der Waals surface area contributed by atoms with Crippen LogP contribution in [0.3, 0.4) is 0 Å². The molecule has 0 radical (unpaired) electrons. The second kappa shape index (κ2) is 5.36. The van der Waals surface area contributed by atoms with Crippen LogP contribution in [0, 0.1) is 0 Å². The summed E-state index contributed by atoms with van der Waals surface area (Å²) in [4.78, 5) is 11.8. The van der Waals surface area contributed by atoms with Crippen molar-refractivity contribution in [3.05, 3.63) is 35.9 Å². The molecule has 0 aliphatic carbocycles. The fourth-order valence-corrected chi connectivity index (χ4v) is 1.37. The third kappa shape index (κ3) is 3.25. The molecule has 0 aliphatic rings. The zero-order chi connectivity index (χ0) is 11.3. The van der Waals surface area contributed by atoms with Crippen molar-refractivity contribution >= 4 is 6.09 Å². The summed E-state index contributed by atoms with van der Waals surface area (Å²) >= 11 is 0. The number of hydrogen-bond acceptors (Lipinski definition) is 2. The third-order valence-corrected chi connectivity index (χ3v) is 2.37. The van der Waals surface area contributed by atoms with Crippen LogP contribution in [0.2, 0.25) is 0 Å². The molecule has 2 N–H and O–H groups in total. The summed E-state index contributed by atoms with van der Waals surface area (Å²) < 4.78 is 0. The number of aliphatic hydroxyl groups is 1. The van der Waals surface area contributed by atoms with Gasteiger partial charge >= 0.3 is 6.09 Å². The molecule has 1 rings (SSSR count). The van der Waals surface area contributed by atoms with Crippen LogP contribution >= 0.6 is 0 Å². The molecular weight excluding hydrogens is 194 g/mol. The first kappa shape index (κ1) is 11.5. The maximum atomic E-state index is 10.7. The van der Waals surface area contributed by atoms with Crippen LogP contribution in [0.1, 0.15) is 5.56 Å². The van der Waals surface area contributed by atoms with E-state index in [0.29, 0.717) is 6.42 Å². The van der Waals surface area contributed by atoms with Gasteiger partial charge in [0.2, 0.25) is 0 Å². The third-order valence-electron chi connectivity index (χ3n) is 2.37. The molecule has 0 saturated heterocycles. The average molecular weight is 209 g/mol. The van der Waals surface area contributed by atoms with Crippen LogP contribution in [0.5, 0.6) is 0 Å². The van der Waals surface area contributed by atoms with Gasteiger partial charge in [0.25, 0.3) is 0 Å². The highest BCUT2D eigenvalue weighted by Gasteiger charge is 2.18. The zero-order valence-corrected chi connectivity index (χ0v) is 8.63. The minimum atomic E-state index is -1.02. The molecule has 0 spiro atoms. The molecule has 0 fully saturated rings. The number of aliphatic hydroxyl groups excluding tert-OH is 1. The molecule has 4 heteroatoms. The SMILES string of the molecule is CN(C(=O)O)C(CO)Cc1ccccc1. The second-order valence-corrected chi connectivity index (χ2v) is 3.42. The predicted molar refractivity (Wildman–Crippen MR) is 56.8 cm³/mol. The largest absolute Gasteiger partial charge is 0.465 e. The summed E-state index contributed by atoms with van der Waals surface area (Å²) in [5.41, 5.74) is 1.02. The van der Waals surface area contributed by atoms with E-state index in [1.807, 2.05) is 30.3 Å². The maximum absolute atomic E-state index is 10.7. The van der Waals surface area contributed by atoms with E-state index in [1.54, 1.807) is 0 Å². The summed E-state index contributed by atoms with van der Waals surface area (Å²) in [6.45, 7) is -0.169. The summed E-state index contributed by atoms with van der Waals surface area (Å²) in [5.74, 6) is 0. The van der Waals surface area contributed by atoms with Crippen LogP contribution < -0.4 is 0 Å². The molecule has 0 aromatic heterocycles. The summed E-state index contributed by atoms with van der Waals surface area (Å²) in [6, 6.07) is 9.13. The van der Waals surface area contributed by atoms with Gasteiger partial charge in [-0.2, -0.15) is 0 Å². The van der Waals surface area contributed by atoms with Crippen LogP contribution in [0.4, 0.5) is 4.79 Å². The number of hydrogen-bond donors (Lipinski definition) is 2. The van der Waals surface area contributed by atoms with Crippen molar-refractivity contribution in [3.63, 3.8) is 0 Å². The van der Waals surface area contributed by atoms with Gasteiger partial charge in [-0.3, -0.25) is 0 Å². The minimum Gasteiger partial charge on any atom is -0.465 e. The lowest BCUT2D eigenvalue weighted by atomic mass is 10.1. The number of benzene rings is 1. The Labute approximate surface area is 88.8 Å². The van der Waals surface area contributed by atoms with Gasteiger partial charge < -0.3 is 15.1 Å². The molecule has 15 heavy (non-hydrogen) atoms. The van der Waals surface area contributed by atoms with Crippen LogP contribution in [-0.4, -0.2) is 40.9 Å². The molecule has 1 aromatic rings. The minimum absolute atomic E-state index is 0.169. The predicted octanol–water partition coefficient (Wildman–Crippen LogP) is 1.20. The van der Waals surface area contributed by atoms with Crippen molar-refractivity contribution in [2.45, 2.75) is 12.5 Å². The van der Waals surface area contributed by atoms with Crippen LogP contribution in [-0.2, 0) is 6.42 Å². The van der Waals surface area contributed by atoms with Crippen molar-refractivity contribution in [1.82, 2.24) is 4.90 Å². The second-order valence-electron chi connectivity index (χ2n) is 3.42. The fourth-order valence-electron chi connectivity index (χ4n) is 1.37. The molecule has 0 saturated carbocycles. The first-order valence-electron chi connectivity index (χ1n) is 4.75. The molecule has 1 unspecified atom stereocenters. The van der Waals surface area contributed by atoms with Gasteiger partial charge in [0, 0.05) is 7.05 Å². The maximum Gasteiger partial charge on any atom is 0.407 e. The van der Waals surface area contributed by atoms with E-state index >= 15 is 0 Å². The Kier molecular flexibility index (Phi) is 4.12. The van der Waals surface area contributed by atoms with E-state index in [0.717, 1.165) is 10.5 Å². The Morgan fingerprint density at radius 2 is 2.00 bits per heavy atom. The highest BCUT2D eigenvalue weighted by Crippen LogP contribution is 2.07. The quantitative estimate of drug-likeness (QED) is 0.783. The molecule has 82 valence electrons. The molecule has 1 atom stereocenters. The normalized spacial score (nSPS) is 12.1. The van der Waals surface area contributed by atoms with Gasteiger partial charge in [-0.05, 0) is 12.0 Å². The first-order chi connectivity index (χ1) is 7.15. The van der Waals surface area contributed by atoms with Gasteiger partial charge in [-0.1, -0.05) is 30.3 Å². The highest BCUT2D eigenvalue weighted by molar-refractivity contribution is 5.65. The Balaban J connectivity index is 2.66. The van der Waals surface area contributed by atoms with E-state index < -0.39 is 6.09 Å². The topological polar surface area (TPSA) is 60.8 Å². The van der Waals surface area contributed by atoms with Crippen molar-refractivity contribution in [2.24, 2.45) is 0 Å². The lowest BCUT2D eigenvalue weighted by molar-refractivity contribution is 0.112. The lowest BCUT2D eigenvalue weighted by Crippen LogP contribution is -2.40. The Morgan fingerprint density at radius 3 is 2.47 bits per heavy atom. The molecule has 0 aliphatic heterocycles. The summed E-state index contributed by atoms with van der Waals surface area (Å²) in [5, 5.41) is 17.9. The van der Waals surface area contributed by atoms with Gasteiger partial charge in [0.05, 0.1) is 12.6 Å². The number of carboxylic acid groups (broad SMARTS) is 1. The molecule has 0 bridgehead atoms. The Bertz CT molecular complexity index is 313. The van der Waals surface area contributed by atoms with E-state index in [4.69, 9.17) is 10.2 Å². The van der Waals surface area contributed by atoms with Crippen LogP contribution in [0.15, 0.2) is 30.3 Å². The van der Waals surface area contributed by atoms with Gasteiger partial charge in [-0.25, -0.2) is 4.79 Å². The molecule has 1 aromatic carbocycles. The van der Waals surface area contributed by atoms with E-state index in [9.17, 15) is 4.79 Å². The van der Waals surface area contributed by atoms with Gasteiger partial charge in [0.1, 0.15) is 0 Å². The smallest absolute Gasteiger partial charge is 0.407 e. The summed E-state index contributed by atoms with van der Waals surface area (Å²) in [6.07, 6.45) is -0.495. The highest BCUT2D eigenvalue weighted by atomic mass is 16.4. The van der Waals surface area contributed by atoms with Gasteiger partial charge in [-0.15, -0.1) is 0 Å². The number of rotatable bonds is 4. The van der Waals surface area contributed by atoms with Crippen molar-refractivity contribution in [1.29, 1.82) is 0 Å². The van der Waals surface area contributed by atoms with Crippen molar-refractivity contribution in [2.75, 3.05) is 13.7 Å². The number of nitrogens with zero attached hydrogens (tertiary/aromatic N) is 1. The number of carbonyl (C=O) groups is 1.